The number of carbonyl (C=O) groups is 1. The third kappa shape index (κ3) is 2.93. The highest BCUT2D eigenvalue weighted by molar-refractivity contribution is 5.85. The minimum absolute atomic E-state index is 0.128. The molecule has 4 saturated carbocycles. The van der Waals surface area contributed by atoms with E-state index in [-0.39, 0.29) is 5.91 Å². The van der Waals surface area contributed by atoms with E-state index >= 15 is 0 Å². The summed E-state index contributed by atoms with van der Waals surface area (Å²) < 4.78 is 0. The van der Waals surface area contributed by atoms with Crippen LogP contribution in [0.25, 0.3) is 0 Å². The number of oxime groups is 1. The Hall–Kier alpha value is -1.06. The number of rotatable bonds is 2. The van der Waals surface area contributed by atoms with Crippen molar-refractivity contribution in [1.82, 2.24) is 5.32 Å². The molecule has 0 spiro atoms. The number of amides is 1. The maximum absolute atomic E-state index is 11.5. The monoisotopic (exact) mass is 374 g/mol. The van der Waals surface area contributed by atoms with Crippen LogP contribution < -0.4 is 5.32 Å². The van der Waals surface area contributed by atoms with Gasteiger partial charge in [0.2, 0.25) is 5.91 Å². The van der Waals surface area contributed by atoms with Crippen molar-refractivity contribution in [3.8, 4) is 0 Å². The van der Waals surface area contributed by atoms with Crippen LogP contribution in [0.5, 0.6) is 0 Å². The molecule has 8 atom stereocenters. The van der Waals surface area contributed by atoms with Crippen molar-refractivity contribution in [2.45, 2.75) is 91.5 Å². The molecule has 0 saturated heterocycles. The molecule has 4 fully saturated rings. The fourth-order valence-electron chi connectivity index (χ4n) is 8.43. The molecule has 0 aromatic rings. The maximum atomic E-state index is 11.5. The second-order valence-corrected chi connectivity index (χ2v) is 10.7. The summed E-state index contributed by atoms with van der Waals surface area (Å²) in [4.78, 5) is 11.5. The Kier molecular flexibility index (Phi) is 4.83. The highest BCUT2D eigenvalue weighted by Crippen LogP contribution is 2.67. The second kappa shape index (κ2) is 6.77. The largest absolute Gasteiger partial charge is 0.411 e. The first kappa shape index (κ1) is 19.3. The smallest absolute Gasteiger partial charge is 0.217 e. The summed E-state index contributed by atoms with van der Waals surface area (Å²) in [6.45, 7) is 8.74. The molecular weight excluding hydrogens is 336 g/mol. The molecule has 0 bridgehead atoms. The Bertz CT molecular complexity index is 632. The van der Waals surface area contributed by atoms with E-state index < -0.39 is 0 Å². The quantitative estimate of drug-likeness (QED) is 0.406. The Morgan fingerprint density at radius 3 is 2.37 bits per heavy atom. The van der Waals surface area contributed by atoms with Crippen LogP contribution in [0.4, 0.5) is 0 Å². The first-order valence-corrected chi connectivity index (χ1v) is 11.2. The lowest BCUT2D eigenvalue weighted by Gasteiger charge is -2.61. The maximum Gasteiger partial charge on any atom is 0.217 e. The molecule has 4 aliphatic rings. The molecule has 0 aromatic carbocycles. The van der Waals surface area contributed by atoms with Gasteiger partial charge in [0, 0.05) is 18.9 Å². The van der Waals surface area contributed by atoms with Crippen LogP contribution in [-0.4, -0.2) is 22.9 Å². The lowest BCUT2D eigenvalue weighted by molar-refractivity contribution is -0.124. The predicted octanol–water partition coefficient (Wildman–Crippen LogP) is 5.00. The van der Waals surface area contributed by atoms with Gasteiger partial charge in [-0.25, -0.2) is 0 Å². The second-order valence-electron chi connectivity index (χ2n) is 10.7. The molecule has 0 aromatic heterocycles. The lowest BCUT2D eigenvalue weighted by Crippen LogP contribution is -2.55. The van der Waals surface area contributed by atoms with Gasteiger partial charge in [-0.05, 0) is 99.2 Å². The molecule has 4 aliphatic carbocycles. The summed E-state index contributed by atoms with van der Waals surface area (Å²) in [6.07, 6.45) is 11.4. The highest BCUT2D eigenvalue weighted by atomic mass is 16.4. The van der Waals surface area contributed by atoms with E-state index in [1.807, 2.05) is 6.92 Å². The molecule has 4 heteroatoms. The van der Waals surface area contributed by atoms with Gasteiger partial charge in [0.05, 0.1) is 5.71 Å². The molecular formula is C23H38N2O2. The average molecular weight is 375 g/mol. The van der Waals surface area contributed by atoms with Crippen molar-refractivity contribution in [3.05, 3.63) is 0 Å². The molecule has 0 aliphatic heterocycles. The van der Waals surface area contributed by atoms with E-state index in [0.29, 0.717) is 22.8 Å². The van der Waals surface area contributed by atoms with E-state index in [4.69, 9.17) is 0 Å². The summed E-state index contributed by atoms with van der Waals surface area (Å²) in [5, 5.41) is 16.2. The van der Waals surface area contributed by atoms with Crippen molar-refractivity contribution >= 4 is 11.6 Å². The topological polar surface area (TPSA) is 61.7 Å². The zero-order chi connectivity index (χ0) is 19.4. The minimum atomic E-state index is 0.128. The summed E-state index contributed by atoms with van der Waals surface area (Å²) in [5.74, 6) is 3.85. The van der Waals surface area contributed by atoms with Crippen LogP contribution in [-0.2, 0) is 4.79 Å². The molecule has 2 N–H and O–H groups in total. The van der Waals surface area contributed by atoms with Crippen molar-refractivity contribution < 1.29 is 10.0 Å². The van der Waals surface area contributed by atoms with Gasteiger partial charge in [-0.15, -0.1) is 0 Å². The highest BCUT2D eigenvalue weighted by Gasteiger charge is 2.60. The summed E-state index contributed by atoms with van der Waals surface area (Å²) in [5.41, 5.74) is 1.74. The van der Waals surface area contributed by atoms with Gasteiger partial charge in [-0.1, -0.05) is 19.0 Å². The van der Waals surface area contributed by atoms with E-state index in [2.05, 4.69) is 24.3 Å². The first-order valence-electron chi connectivity index (χ1n) is 11.2. The molecule has 0 unspecified atom stereocenters. The lowest BCUT2D eigenvalue weighted by atomic mass is 9.44. The molecule has 4 nitrogen and oxygen atoms in total. The third-order valence-electron chi connectivity index (χ3n) is 9.74. The van der Waals surface area contributed by atoms with E-state index in [0.717, 1.165) is 35.8 Å². The molecule has 27 heavy (non-hydrogen) atoms. The Labute approximate surface area is 164 Å². The van der Waals surface area contributed by atoms with Crippen LogP contribution in [0.15, 0.2) is 5.16 Å². The summed E-state index contributed by atoms with van der Waals surface area (Å²) >= 11 is 0. The molecule has 152 valence electrons. The zero-order valence-corrected chi connectivity index (χ0v) is 17.6. The van der Waals surface area contributed by atoms with Crippen LogP contribution in [0, 0.1) is 40.4 Å². The number of hydrogen-bond donors (Lipinski definition) is 2. The van der Waals surface area contributed by atoms with Crippen molar-refractivity contribution in [2.24, 2.45) is 45.6 Å². The van der Waals surface area contributed by atoms with Crippen LogP contribution >= 0.6 is 0 Å². The Balaban J connectivity index is 1.54. The first-order chi connectivity index (χ1) is 12.8. The summed E-state index contributed by atoms with van der Waals surface area (Å²) in [6, 6.07) is 0.394. The fourth-order valence-corrected chi connectivity index (χ4v) is 8.43. The van der Waals surface area contributed by atoms with Gasteiger partial charge in [0.1, 0.15) is 0 Å². The third-order valence-corrected chi connectivity index (χ3v) is 9.74. The van der Waals surface area contributed by atoms with Crippen molar-refractivity contribution in [3.63, 3.8) is 0 Å². The van der Waals surface area contributed by atoms with Crippen molar-refractivity contribution in [1.29, 1.82) is 0 Å². The zero-order valence-electron chi connectivity index (χ0n) is 17.6. The standard InChI is InChI=1S/C23H38N2O2/c1-14(25-27)19-7-8-20-18-6-5-16-13-17(24-15(2)26)9-11-22(16,3)21(18)10-12-23(19,20)4/h16-21,27H,5-13H2,1-4H3,(H,24,26)/t16-,17+,18-,19+,20-,21-,22-,23+/m0/s1. The van der Waals surface area contributed by atoms with Gasteiger partial charge in [0.15, 0.2) is 0 Å². The minimum Gasteiger partial charge on any atom is -0.411 e. The van der Waals surface area contributed by atoms with Crippen LogP contribution in [0.2, 0.25) is 0 Å². The van der Waals surface area contributed by atoms with Gasteiger partial charge in [0.25, 0.3) is 0 Å². The normalized spacial score (nSPS) is 49.7. The molecule has 4 rings (SSSR count). The van der Waals surface area contributed by atoms with Crippen LogP contribution in [0.3, 0.4) is 0 Å². The predicted molar refractivity (Wildman–Crippen MR) is 108 cm³/mol. The van der Waals surface area contributed by atoms with Crippen molar-refractivity contribution in [2.75, 3.05) is 0 Å². The molecule has 1 amide bonds. The van der Waals surface area contributed by atoms with Gasteiger partial charge < -0.3 is 10.5 Å². The molecule has 0 radical (unpaired) electrons. The van der Waals surface area contributed by atoms with E-state index in [1.54, 1.807) is 6.92 Å². The average Bonchev–Trinajstić information content (AvgIpc) is 2.98. The Morgan fingerprint density at radius 1 is 0.963 bits per heavy atom. The number of fused-ring (bicyclic) bond motifs is 5. The number of hydrogen-bond acceptors (Lipinski definition) is 3. The van der Waals surface area contributed by atoms with Crippen LogP contribution in [0.1, 0.15) is 85.5 Å². The molecule has 0 heterocycles. The SMILES string of the molecule is CC(=O)N[C@@H]1CC[C@@]2(C)[C@@H](CC[C@@H]3[C@@H]2CC[C@]2(C)[C@@H](C(C)=NO)CC[C@@H]32)C1. The fraction of sp³-hybridized carbons (Fsp3) is 0.913. The van der Waals surface area contributed by atoms with Gasteiger partial charge in [-0.3, -0.25) is 4.79 Å². The van der Waals surface area contributed by atoms with Gasteiger partial charge >= 0.3 is 0 Å². The summed E-state index contributed by atoms with van der Waals surface area (Å²) in [7, 11) is 0. The van der Waals surface area contributed by atoms with E-state index in [9.17, 15) is 10.0 Å². The number of carbonyl (C=O) groups excluding carboxylic acids is 1. The number of nitrogens with one attached hydrogen (secondary N) is 1. The Morgan fingerprint density at radius 2 is 1.67 bits per heavy atom. The van der Waals surface area contributed by atoms with Gasteiger partial charge in [-0.2, -0.15) is 0 Å². The van der Waals surface area contributed by atoms with E-state index in [1.165, 1.54) is 51.4 Å². The number of nitrogens with zero attached hydrogens (tertiary/aromatic N) is 1.